The van der Waals surface area contributed by atoms with Gasteiger partial charge in [0.15, 0.2) is 0 Å². The summed E-state index contributed by atoms with van der Waals surface area (Å²) in [6, 6.07) is 17.8. The summed E-state index contributed by atoms with van der Waals surface area (Å²) in [5.41, 5.74) is 2.48. The van der Waals surface area contributed by atoms with Gasteiger partial charge in [-0.2, -0.15) is 0 Å². The van der Waals surface area contributed by atoms with Crippen molar-refractivity contribution in [2.75, 3.05) is 13.2 Å². The SMILES string of the molecule is CC1(C)COP(=O)(c2cc(-c3ccccc3)c(Cc3cccc(F)c3)o2)OC1. The number of hydrogen-bond donors (Lipinski definition) is 0. The molecule has 2 heterocycles. The quantitative estimate of drug-likeness (QED) is 0.538. The summed E-state index contributed by atoms with van der Waals surface area (Å²) in [6.07, 6.45) is 0.369. The van der Waals surface area contributed by atoms with Crippen LogP contribution < -0.4 is 5.50 Å². The molecule has 0 unspecified atom stereocenters. The predicted molar refractivity (Wildman–Crippen MR) is 106 cm³/mol. The van der Waals surface area contributed by atoms with Crippen LogP contribution >= 0.6 is 7.60 Å². The Hall–Kier alpha value is -2.20. The molecule has 2 aromatic carbocycles. The van der Waals surface area contributed by atoms with Crippen LogP contribution in [-0.4, -0.2) is 13.2 Å². The molecule has 6 heteroatoms. The normalized spacial score (nSPS) is 18.1. The largest absolute Gasteiger partial charge is 0.452 e. The minimum Gasteiger partial charge on any atom is -0.452 e. The van der Waals surface area contributed by atoms with Crippen LogP contribution in [0.25, 0.3) is 11.1 Å². The number of halogens is 1. The average molecular weight is 400 g/mol. The Kier molecular flexibility index (Phi) is 5.00. The van der Waals surface area contributed by atoms with E-state index in [-0.39, 0.29) is 16.7 Å². The van der Waals surface area contributed by atoms with E-state index in [1.807, 2.05) is 50.2 Å². The van der Waals surface area contributed by atoms with Gasteiger partial charge in [0.1, 0.15) is 11.6 Å². The average Bonchev–Trinajstić information content (AvgIpc) is 3.10. The molecule has 0 amide bonds. The summed E-state index contributed by atoms with van der Waals surface area (Å²) >= 11 is 0. The lowest BCUT2D eigenvalue weighted by molar-refractivity contribution is 0.0447. The monoisotopic (exact) mass is 400 g/mol. The van der Waals surface area contributed by atoms with E-state index >= 15 is 0 Å². The van der Waals surface area contributed by atoms with E-state index in [0.29, 0.717) is 25.4 Å². The fourth-order valence-corrected chi connectivity index (χ4v) is 4.98. The first-order chi connectivity index (χ1) is 13.3. The van der Waals surface area contributed by atoms with E-state index in [4.69, 9.17) is 13.5 Å². The van der Waals surface area contributed by atoms with Crippen molar-refractivity contribution in [3.63, 3.8) is 0 Å². The molecule has 3 aromatic rings. The van der Waals surface area contributed by atoms with E-state index in [1.165, 1.54) is 12.1 Å². The van der Waals surface area contributed by atoms with Crippen LogP contribution in [0.3, 0.4) is 0 Å². The third-order valence-electron chi connectivity index (χ3n) is 4.65. The Bertz CT molecular complexity index is 1010. The molecule has 0 bridgehead atoms. The van der Waals surface area contributed by atoms with Crippen LogP contribution in [0.4, 0.5) is 4.39 Å². The fourth-order valence-electron chi connectivity index (χ4n) is 3.10. The summed E-state index contributed by atoms with van der Waals surface area (Å²) in [5.74, 6) is 0.290. The molecule has 1 aliphatic heterocycles. The summed E-state index contributed by atoms with van der Waals surface area (Å²) in [7, 11) is -3.53. The van der Waals surface area contributed by atoms with E-state index in [1.54, 1.807) is 12.1 Å². The molecule has 1 aromatic heterocycles. The Morgan fingerprint density at radius 2 is 1.71 bits per heavy atom. The second-order valence-electron chi connectivity index (χ2n) is 7.80. The van der Waals surface area contributed by atoms with Crippen molar-refractivity contribution in [2.24, 2.45) is 5.41 Å². The Morgan fingerprint density at radius 3 is 2.39 bits per heavy atom. The molecule has 28 heavy (non-hydrogen) atoms. The molecule has 0 spiro atoms. The molecular weight excluding hydrogens is 378 g/mol. The predicted octanol–water partition coefficient (Wildman–Crippen LogP) is 5.57. The lowest BCUT2D eigenvalue weighted by atomic mass is 9.97. The standard InChI is InChI=1S/C22H22FO4P/c1-22(2)14-25-28(24,26-15-22)21-13-19(17-8-4-3-5-9-17)20(27-21)12-16-7-6-10-18(23)11-16/h3-11,13H,12,14-15H2,1-2H3. The molecule has 0 aliphatic carbocycles. The van der Waals surface area contributed by atoms with Crippen molar-refractivity contribution in [2.45, 2.75) is 20.3 Å². The van der Waals surface area contributed by atoms with Gasteiger partial charge in [-0.15, -0.1) is 0 Å². The summed E-state index contributed by atoms with van der Waals surface area (Å²) in [4.78, 5) is 0. The first-order valence-electron chi connectivity index (χ1n) is 9.17. The van der Waals surface area contributed by atoms with Crippen molar-refractivity contribution < 1.29 is 22.4 Å². The van der Waals surface area contributed by atoms with Gasteiger partial charge in [-0.05, 0) is 23.3 Å². The molecule has 1 fully saturated rings. The van der Waals surface area contributed by atoms with Crippen molar-refractivity contribution in [1.29, 1.82) is 0 Å². The Balaban J connectivity index is 1.73. The lowest BCUT2D eigenvalue weighted by Crippen LogP contribution is -2.31. The van der Waals surface area contributed by atoms with E-state index in [9.17, 15) is 8.96 Å². The van der Waals surface area contributed by atoms with Gasteiger partial charge >= 0.3 is 7.60 Å². The Labute approximate surface area is 163 Å². The summed E-state index contributed by atoms with van der Waals surface area (Å²) in [5, 5.41) is 0. The topological polar surface area (TPSA) is 48.7 Å². The highest BCUT2D eigenvalue weighted by Gasteiger charge is 2.41. The highest BCUT2D eigenvalue weighted by molar-refractivity contribution is 7.61. The number of rotatable bonds is 4. The summed E-state index contributed by atoms with van der Waals surface area (Å²) in [6.45, 7) is 4.63. The van der Waals surface area contributed by atoms with Crippen LogP contribution in [0.2, 0.25) is 0 Å². The molecule has 1 aliphatic rings. The van der Waals surface area contributed by atoms with Crippen molar-refractivity contribution in [3.8, 4) is 11.1 Å². The number of hydrogen-bond acceptors (Lipinski definition) is 4. The van der Waals surface area contributed by atoms with Crippen molar-refractivity contribution >= 4 is 13.1 Å². The number of benzene rings is 2. The van der Waals surface area contributed by atoms with Gasteiger partial charge in [0, 0.05) is 23.5 Å². The molecule has 1 saturated heterocycles. The van der Waals surface area contributed by atoms with Gasteiger partial charge in [-0.1, -0.05) is 56.3 Å². The molecule has 0 atom stereocenters. The van der Waals surface area contributed by atoms with E-state index < -0.39 is 7.60 Å². The maximum absolute atomic E-state index is 13.6. The fraction of sp³-hybridized carbons (Fsp3) is 0.273. The van der Waals surface area contributed by atoms with Crippen LogP contribution in [0, 0.1) is 11.2 Å². The van der Waals surface area contributed by atoms with Crippen molar-refractivity contribution in [3.05, 3.63) is 77.8 Å². The minimum absolute atomic E-state index is 0.188. The smallest absolute Gasteiger partial charge is 0.396 e. The third-order valence-corrected chi connectivity index (χ3v) is 6.35. The molecule has 4 nitrogen and oxygen atoms in total. The van der Waals surface area contributed by atoms with Gasteiger partial charge in [0.05, 0.1) is 13.2 Å². The third kappa shape index (κ3) is 3.97. The highest BCUT2D eigenvalue weighted by Crippen LogP contribution is 2.53. The van der Waals surface area contributed by atoms with Gasteiger partial charge in [0.2, 0.25) is 5.50 Å². The van der Waals surface area contributed by atoms with E-state index in [0.717, 1.165) is 16.7 Å². The van der Waals surface area contributed by atoms with Gasteiger partial charge in [-0.25, -0.2) is 4.39 Å². The zero-order chi connectivity index (χ0) is 19.8. The zero-order valence-corrected chi connectivity index (χ0v) is 16.7. The van der Waals surface area contributed by atoms with Crippen LogP contribution in [0.5, 0.6) is 0 Å². The molecule has 0 radical (unpaired) electrons. The van der Waals surface area contributed by atoms with Gasteiger partial charge < -0.3 is 13.5 Å². The van der Waals surface area contributed by atoms with Crippen molar-refractivity contribution in [1.82, 2.24) is 0 Å². The molecule has 0 N–H and O–H groups in total. The number of furan rings is 1. The zero-order valence-electron chi connectivity index (χ0n) is 15.9. The first-order valence-corrected chi connectivity index (χ1v) is 10.7. The highest BCUT2D eigenvalue weighted by atomic mass is 31.2. The molecule has 4 rings (SSSR count). The minimum atomic E-state index is -3.53. The molecule has 146 valence electrons. The van der Waals surface area contributed by atoms with Crippen LogP contribution in [0.1, 0.15) is 25.2 Å². The lowest BCUT2D eigenvalue weighted by Gasteiger charge is -2.32. The molecule has 0 saturated carbocycles. The summed E-state index contributed by atoms with van der Waals surface area (Å²) < 4.78 is 44.1. The van der Waals surface area contributed by atoms with Crippen LogP contribution in [-0.2, 0) is 20.0 Å². The van der Waals surface area contributed by atoms with Gasteiger partial charge in [0.25, 0.3) is 0 Å². The second-order valence-corrected chi connectivity index (χ2v) is 9.75. The maximum atomic E-state index is 13.6. The van der Waals surface area contributed by atoms with Crippen LogP contribution in [0.15, 0.2) is 65.1 Å². The van der Waals surface area contributed by atoms with E-state index in [2.05, 4.69) is 0 Å². The first kappa shape index (κ1) is 19.1. The maximum Gasteiger partial charge on any atom is 0.396 e. The second kappa shape index (κ2) is 7.32. The van der Waals surface area contributed by atoms with Gasteiger partial charge in [-0.3, -0.25) is 4.57 Å². The molecular formula is C22H22FO4P. The Morgan fingerprint density at radius 1 is 1.00 bits per heavy atom.